The lowest BCUT2D eigenvalue weighted by atomic mass is 9.60. The van der Waals surface area contributed by atoms with E-state index >= 15 is 0 Å². The first-order valence-electron chi connectivity index (χ1n) is 9.05. The molecule has 2 saturated heterocycles. The van der Waals surface area contributed by atoms with Gasteiger partial charge < -0.3 is 14.8 Å². The van der Waals surface area contributed by atoms with E-state index in [0.29, 0.717) is 0 Å². The Bertz CT molecular complexity index is 565. The largest absolute Gasteiger partial charge is 0.444 e. The summed E-state index contributed by atoms with van der Waals surface area (Å²) in [5.41, 5.74) is 1.58. The normalized spacial score (nSPS) is 26.4. The minimum atomic E-state index is -0.241. The topological polar surface area (TPSA) is 50.8 Å². The molecule has 1 spiro atoms. The van der Waals surface area contributed by atoms with Crippen molar-refractivity contribution in [2.75, 3.05) is 26.3 Å². The van der Waals surface area contributed by atoms with E-state index in [-0.39, 0.29) is 23.7 Å². The summed E-state index contributed by atoms with van der Waals surface area (Å²) in [5.74, 6) is 0. The molecular formula is C19H26N2O3. The maximum absolute atomic E-state index is 12.2. The summed E-state index contributed by atoms with van der Waals surface area (Å²) >= 11 is 0. The fraction of sp³-hybridized carbons (Fsp3) is 0.632. The van der Waals surface area contributed by atoms with Crippen LogP contribution in [0.5, 0.6) is 0 Å². The fourth-order valence-electron chi connectivity index (χ4n) is 4.19. The number of amides is 1. The quantitative estimate of drug-likeness (QED) is 0.922. The third kappa shape index (κ3) is 3.28. The summed E-state index contributed by atoms with van der Waals surface area (Å²) in [6, 6.07) is 10.7. The third-order valence-corrected chi connectivity index (χ3v) is 5.90. The highest BCUT2D eigenvalue weighted by molar-refractivity contribution is 5.68. The number of alkyl carbamates (subject to hydrolysis) is 1. The Kier molecular flexibility index (Phi) is 4.46. The molecule has 1 amide bonds. The molecule has 24 heavy (non-hydrogen) atoms. The maximum atomic E-state index is 12.2. The number of nitrogens with one attached hydrogen (secondary N) is 1. The lowest BCUT2D eigenvalue weighted by Gasteiger charge is -2.52. The van der Waals surface area contributed by atoms with Gasteiger partial charge in [0.15, 0.2) is 0 Å². The second-order valence-electron chi connectivity index (χ2n) is 7.42. The maximum Gasteiger partial charge on any atom is 0.407 e. The second kappa shape index (κ2) is 6.73. The molecule has 1 aromatic rings. The van der Waals surface area contributed by atoms with Crippen molar-refractivity contribution in [2.45, 2.75) is 44.4 Å². The van der Waals surface area contributed by atoms with Gasteiger partial charge >= 0.3 is 6.09 Å². The molecule has 1 atom stereocenters. The molecular weight excluding hydrogens is 304 g/mol. The third-order valence-electron chi connectivity index (χ3n) is 5.90. The van der Waals surface area contributed by atoms with Crippen LogP contribution in [0.15, 0.2) is 30.3 Å². The Morgan fingerprint density at radius 1 is 1.21 bits per heavy atom. The first-order valence-corrected chi connectivity index (χ1v) is 9.05. The van der Waals surface area contributed by atoms with Crippen molar-refractivity contribution in [1.82, 2.24) is 10.2 Å². The predicted molar refractivity (Wildman–Crippen MR) is 90.6 cm³/mol. The highest BCUT2D eigenvalue weighted by atomic mass is 16.6. The molecule has 1 saturated carbocycles. The molecule has 3 fully saturated rings. The summed E-state index contributed by atoms with van der Waals surface area (Å²) in [7, 11) is 0. The van der Waals surface area contributed by atoms with Gasteiger partial charge in [-0.15, -0.1) is 0 Å². The number of likely N-dealkylation sites (tertiary alicyclic amines) is 1. The Balaban J connectivity index is 1.18. The van der Waals surface area contributed by atoms with E-state index in [1.54, 1.807) is 0 Å². The van der Waals surface area contributed by atoms with Gasteiger partial charge in [-0.05, 0) is 36.7 Å². The van der Waals surface area contributed by atoms with E-state index in [9.17, 15) is 4.79 Å². The second-order valence-corrected chi connectivity index (χ2v) is 7.42. The van der Waals surface area contributed by atoms with Crippen molar-refractivity contribution in [2.24, 2.45) is 5.41 Å². The van der Waals surface area contributed by atoms with Crippen LogP contribution in [0.2, 0.25) is 0 Å². The summed E-state index contributed by atoms with van der Waals surface area (Å²) in [4.78, 5) is 14.5. The van der Waals surface area contributed by atoms with Gasteiger partial charge in [-0.25, -0.2) is 4.79 Å². The average molecular weight is 330 g/mol. The molecule has 0 aromatic heterocycles. The van der Waals surface area contributed by atoms with Gasteiger partial charge in [0.25, 0.3) is 0 Å². The molecule has 1 aliphatic carbocycles. The smallest absolute Gasteiger partial charge is 0.407 e. The van der Waals surface area contributed by atoms with Crippen LogP contribution < -0.4 is 5.32 Å². The first kappa shape index (κ1) is 15.9. The molecule has 2 aliphatic heterocycles. The number of nitrogens with zero attached hydrogens (tertiary/aromatic N) is 1. The van der Waals surface area contributed by atoms with Crippen LogP contribution in [0.1, 0.15) is 31.2 Å². The number of hydrogen-bond acceptors (Lipinski definition) is 4. The minimum Gasteiger partial charge on any atom is -0.444 e. The van der Waals surface area contributed by atoms with Gasteiger partial charge in [0.05, 0.1) is 0 Å². The molecule has 5 nitrogen and oxygen atoms in total. The van der Waals surface area contributed by atoms with Crippen molar-refractivity contribution >= 4 is 6.09 Å². The van der Waals surface area contributed by atoms with Crippen LogP contribution in [0.25, 0.3) is 0 Å². The molecule has 2 heterocycles. The molecule has 4 rings (SSSR count). The van der Waals surface area contributed by atoms with E-state index < -0.39 is 0 Å². The Labute approximate surface area is 143 Å². The van der Waals surface area contributed by atoms with E-state index in [1.165, 1.54) is 12.0 Å². The van der Waals surface area contributed by atoms with Crippen LogP contribution in [-0.2, 0) is 16.0 Å². The predicted octanol–water partition coefficient (Wildman–Crippen LogP) is 2.56. The molecule has 0 bridgehead atoms. The number of rotatable bonds is 4. The SMILES string of the molecule is O=C(NC1CCC12CCOCC2)OC1CN(Cc2ccccc2)C1. The Hall–Kier alpha value is -1.59. The van der Waals surface area contributed by atoms with Crippen LogP contribution in [-0.4, -0.2) is 49.4 Å². The fourth-order valence-corrected chi connectivity index (χ4v) is 4.19. The lowest BCUT2D eigenvalue weighted by molar-refractivity contribution is -0.0606. The van der Waals surface area contributed by atoms with Crippen molar-refractivity contribution in [1.29, 1.82) is 0 Å². The standard InChI is InChI=1S/C19H26N2O3/c22-18(20-17-6-7-19(17)8-10-23-11-9-19)24-16-13-21(14-16)12-15-4-2-1-3-5-15/h1-5,16-17H,6-14H2,(H,20,22). The number of carbonyl (C=O) groups excluding carboxylic acids is 1. The van der Waals surface area contributed by atoms with Gasteiger partial charge in [-0.1, -0.05) is 30.3 Å². The van der Waals surface area contributed by atoms with Crippen molar-refractivity contribution in [3.8, 4) is 0 Å². The summed E-state index contributed by atoms with van der Waals surface area (Å²) < 4.78 is 11.0. The van der Waals surface area contributed by atoms with Gasteiger partial charge in [0.2, 0.25) is 0 Å². The van der Waals surface area contributed by atoms with Gasteiger partial charge in [0.1, 0.15) is 6.10 Å². The molecule has 1 aromatic carbocycles. The monoisotopic (exact) mass is 330 g/mol. The highest BCUT2D eigenvalue weighted by Crippen LogP contribution is 2.48. The zero-order valence-corrected chi connectivity index (χ0v) is 14.1. The number of carbonyl (C=O) groups is 1. The summed E-state index contributed by atoms with van der Waals surface area (Å²) in [6.45, 7) is 4.22. The molecule has 0 radical (unpaired) electrons. The van der Waals surface area contributed by atoms with E-state index in [2.05, 4.69) is 34.5 Å². The molecule has 130 valence electrons. The number of benzene rings is 1. The van der Waals surface area contributed by atoms with Crippen LogP contribution in [0, 0.1) is 5.41 Å². The van der Waals surface area contributed by atoms with Crippen LogP contribution in [0.3, 0.4) is 0 Å². The molecule has 1 unspecified atom stereocenters. The van der Waals surface area contributed by atoms with E-state index in [1.807, 2.05) is 6.07 Å². The average Bonchev–Trinajstić information content (AvgIpc) is 2.58. The summed E-state index contributed by atoms with van der Waals surface area (Å²) in [6.07, 6.45) is 4.18. The first-order chi connectivity index (χ1) is 11.7. The zero-order valence-electron chi connectivity index (χ0n) is 14.1. The molecule has 5 heteroatoms. The Morgan fingerprint density at radius 2 is 1.96 bits per heavy atom. The number of hydrogen-bond donors (Lipinski definition) is 1. The van der Waals surface area contributed by atoms with Crippen molar-refractivity contribution in [3.05, 3.63) is 35.9 Å². The van der Waals surface area contributed by atoms with E-state index in [0.717, 1.165) is 52.1 Å². The molecule has 1 N–H and O–H groups in total. The van der Waals surface area contributed by atoms with Crippen LogP contribution in [0.4, 0.5) is 4.79 Å². The van der Waals surface area contributed by atoms with Gasteiger partial charge in [-0.3, -0.25) is 4.90 Å². The molecule has 3 aliphatic rings. The zero-order chi connectivity index (χ0) is 16.4. The summed E-state index contributed by atoms with van der Waals surface area (Å²) in [5, 5.41) is 3.11. The minimum absolute atomic E-state index is 0.0272. The van der Waals surface area contributed by atoms with Crippen molar-refractivity contribution < 1.29 is 14.3 Å². The number of ether oxygens (including phenoxy) is 2. The van der Waals surface area contributed by atoms with Crippen molar-refractivity contribution in [3.63, 3.8) is 0 Å². The lowest BCUT2D eigenvalue weighted by Crippen LogP contribution is -2.59. The van der Waals surface area contributed by atoms with E-state index in [4.69, 9.17) is 9.47 Å². The Morgan fingerprint density at radius 3 is 2.62 bits per heavy atom. The van der Waals surface area contributed by atoms with Crippen LogP contribution >= 0.6 is 0 Å². The van der Waals surface area contributed by atoms with Gasteiger partial charge in [0, 0.05) is 38.9 Å². The highest BCUT2D eigenvalue weighted by Gasteiger charge is 2.48. The van der Waals surface area contributed by atoms with Gasteiger partial charge in [-0.2, -0.15) is 0 Å².